The number of aromatic amines is 1. The maximum atomic E-state index is 12.4. The maximum absolute atomic E-state index is 12.4. The second kappa shape index (κ2) is 24.7. The van der Waals surface area contributed by atoms with Gasteiger partial charge in [-0.3, -0.25) is 14.6 Å². The Hall–Kier alpha value is -4.54. The van der Waals surface area contributed by atoms with Crippen molar-refractivity contribution in [3.63, 3.8) is 0 Å². The number of aryl methyl sites for hydroxylation is 2. The molecule has 5 aromatic rings. The van der Waals surface area contributed by atoms with Gasteiger partial charge in [0.2, 0.25) is 0 Å². The van der Waals surface area contributed by atoms with Gasteiger partial charge in [-0.2, -0.15) is 5.26 Å². The second-order valence-corrected chi connectivity index (χ2v) is 16.7. The Labute approximate surface area is 353 Å². The molecule has 324 valence electrons. The van der Waals surface area contributed by atoms with E-state index in [1.54, 1.807) is 0 Å². The number of ketones is 1. The summed E-state index contributed by atoms with van der Waals surface area (Å²) >= 11 is 0. The van der Waals surface area contributed by atoms with E-state index >= 15 is 0 Å². The molecule has 13 nitrogen and oxygen atoms in total. The molecule has 0 amide bonds. The molecule has 2 unspecified atom stereocenters. The van der Waals surface area contributed by atoms with Gasteiger partial charge in [-0.05, 0) is 98.2 Å². The number of H-pyrrole nitrogens is 1. The molecule has 2 N–H and O–H groups in total. The number of methoxy groups -OCH3 is 1. The molecule has 0 radical (unpaired) electrons. The molecule has 5 rings (SSSR count). The van der Waals surface area contributed by atoms with Gasteiger partial charge < -0.3 is 33.0 Å². The predicted molar refractivity (Wildman–Crippen MR) is 237 cm³/mol. The van der Waals surface area contributed by atoms with Crippen LogP contribution in [0.3, 0.4) is 0 Å². The van der Waals surface area contributed by atoms with E-state index < -0.39 is 31.8 Å². The van der Waals surface area contributed by atoms with Crippen molar-refractivity contribution in [2.24, 2.45) is 0 Å². The summed E-state index contributed by atoms with van der Waals surface area (Å²) in [5.41, 5.74) is 0.779. The molecule has 0 aliphatic carbocycles. The highest BCUT2D eigenvalue weighted by Crippen LogP contribution is 2.40. The third kappa shape index (κ3) is 14.3. The lowest BCUT2D eigenvalue weighted by Crippen LogP contribution is -2.33. The average molecular weight is 845 g/mol. The lowest BCUT2D eigenvalue weighted by molar-refractivity contribution is -0.148. The molecule has 1 aromatic heterocycles. The number of carbonyl (C=O) groups is 2. The summed E-state index contributed by atoms with van der Waals surface area (Å²) in [6.45, 7) is 10.7. The fourth-order valence-corrected chi connectivity index (χ4v) is 8.39. The van der Waals surface area contributed by atoms with Crippen molar-refractivity contribution < 1.29 is 33.2 Å². The van der Waals surface area contributed by atoms with Crippen molar-refractivity contribution in [3.05, 3.63) is 92.8 Å². The van der Waals surface area contributed by atoms with Gasteiger partial charge in [0.15, 0.2) is 0 Å². The number of Topliss-reactive ketones (excluding diaryl/α,β-unsaturated/α-hetero) is 1. The fraction of sp³-hybridized carbons (Fsp3) is 0.500. The molecule has 0 fully saturated rings. The number of aromatic nitrogens is 2. The van der Waals surface area contributed by atoms with Gasteiger partial charge in [0, 0.05) is 45.0 Å². The molecule has 2 atom stereocenters. The molecule has 0 saturated carbocycles. The summed E-state index contributed by atoms with van der Waals surface area (Å²) in [6.07, 6.45) is 7.07. The smallest absolute Gasteiger partial charge is 0.328 e. The van der Waals surface area contributed by atoms with E-state index in [2.05, 4.69) is 59.6 Å². The topological polar surface area (TPSA) is 173 Å². The van der Waals surface area contributed by atoms with Crippen LogP contribution < -0.4 is 11.2 Å². The summed E-state index contributed by atoms with van der Waals surface area (Å²) < 4.78 is 24.9. The number of esters is 1. The lowest BCUT2D eigenvalue weighted by atomic mass is 9.90. The van der Waals surface area contributed by atoms with Gasteiger partial charge in [0.05, 0.1) is 43.8 Å². The Morgan fingerprint density at radius 1 is 0.883 bits per heavy atom. The van der Waals surface area contributed by atoms with Gasteiger partial charge in [-0.15, -0.1) is 0 Å². The average Bonchev–Trinajstić information content (AvgIpc) is 3.21. The minimum absolute atomic E-state index is 0.0137. The Balaban J connectivity index is 0.000000486. The Kier molecular flexibility index (Phi) is 19.8. The van der Waals surface area contributed by atoms with Crippen molar-refractivity contribution in [3.8, 4) is 6.07 Å². The van der Waals surface area contributed by atoms with Gasteiger partial charge in [-0.25, -0.2) is 9.46 Å². The molecule has 60 heavy (non-hydrogen) atoms. The van der Waals surface area contributed by atoms with Crippen LogP contribution in [0.25, 0.3) is 32.3 Å². The van der Waals surface area contributed by atoms with E-state index in [-0.39, 0.29) is 50.5 Å². The zero-order valence-electron chi connectivity index (χ0n) is 35.9. The van der Waals surface area contributed by atoms with Crippen LogP contribution in [-0.4, -0.2) is 76.0 Å². The molecule has 0 spiro atoms. The van der Waals surface area contributed by atoms with Crippen LogP contribution in [0.15, 0.2) is 70.4 Å². The first kappa shape index (κ1) is 48.1. The minimum atomic E-state index is -1.55. The number of nitrogens with one attached hydrogen (secondary N) is 1. The van der Waals surface area contributed by atoms with Crippen LogP contribution in [0.2, 0.25) is 0 Å². The van der Waals surface area contributed by atoms with Crippen LogP contribution >= 0.6 is 8.53 Å². The van der Waals surface area contributed by atoms with Gasteiger partial charge in [0.1, 0.15) is 12.4 Å². The van der Waals surface area contributed by atoms with E-state index in [0.29, 0.717) is 31.6 Å². The molecule has 4 aromatic carbocycles. The van der Waals surface area contributed by atoms with Gasteiger partial charge in [0.25, 0.3) is 14.1 Å². The molecule has 14 heteroatoms. The summed E-state index contributed by atoms with van der Waals surface area (Å²) in [7, 11) is -0.0564. The first-order chi connectivity index (χ1) is 28.8. The zero-order chi connectivity index (χ0) is 43.6. The molecule has 0 aliphatic heterocycles. The van der Waals surface area contributed by atoms with Crippen molar-refractivity contribution in [1.82, 2.24) is 14.2 Å². The predicted octanol–water partition coefficient (Wildman–Crippen LogP) is 8.33. The quantitative estimate of drug-likeness (QED) is 0.0265. The van der Waals surface area contributed by atoms with Crippen molar-refractivity contribution >= 4 is 52.6 Å². The van der Waals surface area contributed by atoms with Crippen LogP contribution in [-0.2, 0) is 47.9 Å². The highest BCUT2D eigenvalue weighted by Gasteiger charge is 2.23. The number of hydrogen-bond donors (Lipinski definition) is 2. The summed E-state index contributed by atoms with van der Waals surface area (Å²) in [4.78, 5) is 59.7. The number of nitriles is 1. The summed E-state index contributed by atoms with van der Waals surface area (Å²) in [5.74, 6) is -0.550. The van der Waals surface area contributed by atoms with Crippen LogP contribution in [0, 0.1) is 11.3 Å². The van der Waals surface area contributed by atoms with E-state index in [4.69, 9.17) is 24.0 Å². The largest absolute Gasteiger partial charge is 0.463 e. The molecule has 1 heterocycles. The molecule has 0 aliphatic rings. The first-order valence-electron chi connectivity index (χ1n) is 20.8. The standard InChI is InChI=1S/C37H42N2O7.C9H19N2O2P/c1-25(40)11-18-33(41)46-24-31(44-2)19-20-39-22-30(36(42)38-37(39)43)23-45-21-6-4-3-5-8-26-12-13-29-15-14-27-9-7-10-28-16-17-32(26)35(29)34(27)28;1-8(2)11(9(3)4)14(12)13-7-5-6-10/h7,9-10,12-17,22,31H,3-6,8,11,18-21,23-24H2,1-2H3,(H,38,42,43);8-9,12H,5,7H2,1-4H3. The van der Waals surface area contributed by atoms with Crippen molar-refractivity contribution in [2.45, 2.75) is 124 Å². The maximum Gasteiger partial charge on any atom is 0.328 e. The van der Waals surface area contributed by atoms with E-state index in [1.165, 1.54) is 62.7 Å². The number of ether oxygens (including phenoxy) is 3. The second-order valence-electron chi connectivity index (χ2n) is 15.5. The van der Waals surface area contributed by atoms with Crippen molar-refractivity contribution in [1.29, 1.82) is 5.26 Å². The van der Waals surface area contributed by atoms with Crippen LogP contribution in [0.4, 0.5) is 0 Å². The Morgan fingerprint density at radius 3 is 2.22 bits per heavy atom. The summed E-state index contributed by atoms with van der Waals surface area (Å²) in [5, 5.41) is 16.2. The monoisotopic (exact) mass is 844 g/mol. The lowest BCUT2D eigenvalue weighted by Gasteiger charge is -2.32. The Morgan fingerprint density at radius 2 is 1.55 bits per heavy atom. The Bertz CT molecular complexity index is 2260. The van der Waals surface area contributed by atoms with Crippen LogP contribution in [0.5, 0.6) is 0 Å². The van der Waals surface area contributed by atoms with E-state index in [0.717, 1.165) is 32.1 Å². The molecule has 0 bridgehead atoms. The number of hydrogen-bond acceptors (Lipinski definition) is 11. The SMILES string of the molecule is CC(C)N(C(C)C)P(O)OCCC#N.COC(CCn1cc(COCCCCCCc2ccc3ccc4cccc5ccc2c3c45)c(=O)[nH]c1=O)COC(=O)CCC(C)=O. The number of nitrogens with zero attached hydrogens (tertiary/aromatic N) is 3. The number of carbonyl (C=O) groups excluding carboxylic acids is 2. The van der Waals surface area contributed by atoms with E-state index in [1.807, 2.05) is 38.4 Å². The normalized spacial score (nSPS) is 12.6. The molecular formula is C46H61N4O9P. The molecular weight excluding hydrogens is 783 g/mol. The summed E-state index contributed by atoms with van der Waals surface area (Å²) in [6, 6.07) is 22.4. The first-order valence-corrected chi connectivity index (χ1v) is 22.0. The van der Waals surface area contributed by atoms with Gasteiger partial charge in [-0.1, -0.05) is 67.4 Å². The third-order valence-corrected chi connectivity index (χ3v) is 12.0. The zero-order valence-corrected chi connectivity index (χ0v) is 36.8. The highest BCUT2D eigenvalue weighted by molar-refractivity contribution is 7.43. The van der Waals surface area contributed by atoms with Crippen LogP contribution in [0.1, 0.15) is 97.1 Å². The van der Waals surface area contributed by atoms with Gasteiger partial charge >= 0.3 is 11.7 Å². The minimum Gasteiger partial charge on any atom is -0.463 e. The van der Waals surface area contributed by atoms with E-state index in [9.17, 15) is 24.1 Å². The highest BCUT2D eigenvalue weighted by atomic mass is 31.2. The van der Waals surface area contributed by atoms with Crippen molar-refractivity contribution in [2.75, 3.05) is 26.9 Å². The fourth-order valence-electron chi connectivity index (χ4n) is 7.21. The molecule has 0 saturated heterocycles. The number of rotatable bonds is 24. The third-order valence-electron chi connectivity index (χ3n) is 10.3. The number of benzene rings is 4. The number of unbranched alkanes of at least 4 members (excludes halogenated alkanes) is 3.